The summed E-state index contributed by atoms with van der Waals surface area (Å²) in [4.78, 5) is 14.3. The predicted molar refractivity (Wildman–Crippen MR) is 108 cm³/mol. The SMILES string of the molecule is CCOCCCn1c(C)c(C(N)=O)c(-c2ccc(N(C)C)cc2)c1CC. The second-order valence-corrected chi connectivity index (χ2v) is 6.64. The lowest BCUT2D eigenvalue weighted by Crippen LogP contribution is -2.14. The molecule has 2 aromatic rings. The highest BCUT2D eigenvalue weighted by atomic mass is 16.5. The number of amides is 1. The van der Waals surface area contributed by atoms with Crippen LogP contribution in [0.2, 0.25) is 0 Å². The fourth-order valence-corrected chi connectivity index (χ4v) is 3.48. The molecule has 0 bridgehead atoms. The molecule has 5 nitrogen and oxygen atoms in total. The number of nitrogens with zero attached hydrogens (tertiary/aromatic N) is 2. The summed E-state index contributed by atoms with van der Waals surface area (Å²) < 4.78 is 7.69. The van der Waals surface area contributed by atoms with Gasteiger partial charge in [0.05, 0.1) is 5.56 Å². The van der Waals surface area contributed by atoms with Gasteiger partial charge in [0.2, 0.25) is 0 Å². The molecular formula is C21H31N3O2. The maximum atomic E-state index is 12.2. The van der Waals surface area contributed by atoms with E-state index in [4.69, 9.17) is 10.5 Å². The van der Waals surface area contributed by atoms with Gasteiger partial charge >= 0.3 is 0 Å². The van der Waals surface area contributed by atoms with Crippen molar-refractivity contribution in [3.8, 4) is 11.1 Å². The Kier molecular flexibility index (Phi) is 6.86. The quantitative estimate of drug-likeness (QED) is 0.697. The van der Waals surface area contributed by atoms with Crippen LogP contribution >= 0.6 is 0 Å². The van der Waals surface area contributed by atoms with Crippen molar-refractivity contribution in [2.45, 2.75) is 40.2 Å². The van der Waals surface area contributed by atoms with Crippen LogP contribution in [-0.4, -0.2) is 37.8 Å². The van der Waals surface area contributed by atoms with Crippen molar-refractivity contribution in [2.24, 2.45) is 5.73 Å². The van der Waals surface area contributed by atoms with Gasteiger partial charge in [-0.2, -0.15) is 0 Å². The zero-order valence-corrected chi connectivity index (χ0v) is 16.6. The van der Waals surface area contributed by atoms with E-state index in [0.717, 1.165) is 60.8 Å². The van der Waals surface area contributed by atoms with E-state index in [1.165, 1.54) is 0 Å². The molecule has 0 unspecified atom stereocenters. The summed E-state index contributed by atoms with van der Waals surface area (Å²) in [5, 5.41) is 0. The summed E-state index contributed by atoms with van der Waals surface area (Å²) in [7, 11) is 4.03. The lowest BCUT2D eigenvalue weighted by atomic mass is 9.98. The number of anilines is 1. The average Bonchev–Trinajstić information content (AvgIpc) is 2.90. The molecule has 0 aliphatic carbocycles. The highest BCUT2D eigenvalue weighted by Gasteiger charge is 2.23. The third-order valence-corrected chi connectivity index (χ3v) is 4.76. The van der Waals surface area contributed by atoms with Crippen molar-refractivity contribution < 1.29 is 9.53 Å². The number of primary amides is 1. The number of ether oxygens (including phenoxy) is 1. The van der Waals surface area contributed by atoms with E-state index in [2.05, 4.69) is 40.7 Å². The van der Waals surface area contributed by atoms with Crippen molar-refractivity contribution in [1.29, 1.82) is 0 Å². The molecule has 0 fully saturated rings. The summed E-state index contributed by atoms with van der Waals surface area (Å²) in [6.07, 6.45) is 1.75. The lowest BCUT2D eigenvalue weighted by molar-refractivity contribution is 0.1000. The molecule has 1 heterocycles. The van der Waals surface area contributed by atoms with E-state index in [-0.39, 0.29) is 5.91 Å². The molecule has 2 rings (SSSR count). The summed E-state index contributed by atoms with van der Waals surface area (Å²) in [5.41, 5.74) is 11.6. The van der Waals surface area contributed by atoms with Gasteiger partial charge in [0.1, 0.15) is 0 Å². The fourth-order valence-electron chi connectivity index (χ4n) is 3.48. The topological polar surface area (TPSA) is 60.5 Å². The Morgan fingerprint density at radius 2 is 1.85 bits per heavy atom. The van der Waals surface area contributed by atoms with Gasteiger partial charge in [-0.3, -0.25) is 4.79 Å². The standard InChI is InChI=1S/C21H31N3O2/c1-6-18-20(16-9-11-17(12-10-16)23(4)5)19(21(22)25)15(3)24(18)13-8-14-26-7-2/h9-12H,6-8,13-14H2,1-5H3,(H2,22,25). The first-order valence-corrected chi connectivity index (χ1v) is 9.29. The van der Waals surface area contributed by atoms with Gasteiger partial charge in [-0.25, -0.2) is 0 Å². The van der Waals surface area contributed by atoms with Gasteiger partial charge in [-0.05, 0) is 44.4 Å². The maximum absolute atomic E-state index is 12.2. The van der Waals surface area contributed by atoms with Crippen LogP contribution in [0.3, 0.4) is 0 Å². The van der Waals surface area contributed by atoms with Crippen molar-refractivity contribution >= 4 is 11.6 Å². The fraction of sp³-hybridized carbons (Fsp3) is 0.476. The molecule has 1 aromatic carbocycles. The van der Waals surface area contributed by atoms with Crippen LogP contribution in [0.4, 0.5) is 5.69 Å². The Bertz CT molecular complexity index is 746. The van der Waals surface area contributed by atoms with Gasteiger partial charge in [0.25, 0.3) is 5.91 Å². The molecule has 2 N–H and O–H groups in total. The minimum absolute atomic E-state index is 0.368. The normalized spacial score (nSPS) is 11.0. The molecule has 5 heteroatoms. The first-order valence-electron chi connectivity index (χ1n) is 9.29. The van der Waals surface area contributed by atoms with Crippen molar-refractivity contribution in [1.82, 2.24) is 4.57 Å². The van der Waals surface area contributed by atoms with E-state index < -0.39 is 0 Å². The monoisotopic (exact) mass is 357 g/mol. The zero-order chi connectivity index (χ0) is 19.3. The number of aromatic nitrogens is 1. The molecule has 1 amide bonds. The Morgan fingerprint density at radius 1 is 1.19 bits per heavy atom. The molecule has 0 spiro atoms. The van der Waals surface area contributed by atoms with Gasteiger partial charge in [0.15, 0.2) is 0 Å². The largest absolute Gasteiger partial charge is 0.382 e. The third kappa shape index (κ3) is 4.10. The smallest absolute Gasteiger partial charge is 0.251 e. The number of hydrogen-bond donors (Lipinski definition) is 1. The number of nitrogens with two attached hydrogens (primary N) is 1. The Morgan fingerprint density at radius 3 is 2.35 bits per heavy atom. The molecule has 0 atom stereocenters. The average molecular weight is 357 g/mol. The Hall–Kier alpha value is -2.27. The number of rotatable bonds is 9. The highest BCUT2D eigenvalue weighted by Crippen LogP contribution is 2.34. The Labute approximate surface area is 156 Å². The van der Waals surface area contributed by atoms with E-state index in [1.807, 2.05) is 27.9 Å². The van der Waals surface area contributed by atoms with Crippen LogP contribution in [0.5, 0.6) is 0 Å². The first kappa shape index (κ1) is 20.0. The lowest BCUT2D eigenvalue weighted by Gasteiger charge is -2.14. The number of carbonyl (C=O) groups is 1. The minimum atomic E-state index is -0.368. The van der Waals surface area contributed by atoms with E-state index in [9.17, 15) is 4.79 Å². The van der Waals surface area contributed by atoms with Gasteiger partial charge in [0, 0.05) is 56.5 Å². The summed E-state index contributed by atoms with van der Waals surface area (Å²) in [6.45, 7) is 8.37. The molecule has 26 heavy (non-hydrogen) atoms. The van der Waals surface area contributed by atoms with Gasteiger partial charge in [-0.15, -0.1) is 0 Å². The zero-order valence-electron chi connectivity index (χ0n) is 16.6. The van der Waals surface area contributed by atoms with Crippen LogP contribution in [0.15, 0.2) is 24.3 Å². The minimum Gasteiger partial charge on any atom is -0.382 e. The molecule has 1 aromatic heterocycles. The first-order chi connectivity index (χ1) is 12.4. The third-order valence-electron chi connectivity index (χ3n) is 4.76. The molecule has 0 aliphatic heterocycles. The van der Waals surface area contributed by atoms with Crippen LogP contribution in [0.25, 0.3) is 11.1 Å². The van der Waals surface area contributed by atoms with Gasteiger partial charge in [-0.1, -0.05) is 19.1 Å². The van der Waals surface area contributed by atoms with Gasteiger partial charge < -0.3 is 19.9 Å². The number of carbonyl (C=O) groups excluding carboxylic acids is 1. The molecular weight excluding hydrogens is 326 g/mol. The van der Waals surface area contributed by atoms with Crippen LogP contribution in [0, 0.1) is 6.92 Å². The molecule has 0 saturated carbocycles. The summed E-state index contributed by atoms with van der Waals surface area (Å²) in [6, 6.07) is 8.28. The molecule has 0 saturated heterocycles. The Balaban J connectivity index is 2.50. The van der Waals surface area contributed by atoms with Crippen molar-refractivity contribution in [2.75, 3.05) is 32.2 Å². The maximum Gasteiger partial charge on any atom is 0.251 e. The van der Waals surface area contributed by atoms with Crippen LogP contribution in [0.1, 0.15) is 42.0 Å². The van der Waals surface area contributed by atoms with Crippen molar-refractivity contribution in [3.63, 3.8) is 0 Å². The van der Waals surface area contributed by atoms with Crippen LogP contribution < -0.4 is 10.6 Å². The van der Waals surface area contributed by atoms with Crippen molar-refractivity contribution in [3.05, 3.63) is 41.2 Å². The summed E-state index contributed by atoms with van der Waals surface area (Å²) >= 11 is 0. The van der Waals surface area contributed by atoms with E-state index >= 15 is 0 Å². The van der Waals surface area contributed by atoms with Crippen LogP contribution in [-0.2, 0) is 17.7 Å². The molecule has 0 aliphatic rings. The second kappa shape index (κ2) is 8.90. The van der Waals surface area contributed by atoms with E-state index in [0.29, 0.717) is 5.56 Å². The number of benzene rings is 1. The van der Waals surface area contributed by atoms with E-state index in [1.54, 1.807) is 0 Å². The highest BCUT2D eigenvalue weighted by molar-refractivity contribution is 6.02. The molecule has 0 radical (unpaired) electrons. The predicted octanol–water partition coefficient (Wildman–Crippen LogP) is 3.62. The second-order valence-electron chi connectivity index (χ2n) is 6.64. The summed E-state index contributed by atoms with van der Waals surface area (Å²) in [5.74, 6) is -0.368. The molecule has 142 valence electrons. The number of hydrogen-bond acceptors (Lipinski definition) is 3.